The fraction of sp³-hybridized carbons (Fsp3) is 0.385. The first-order chi connectivity index (χ1) is 15.9. The van der Waals surface area contributed by atoms with E-state index in [1.807, 2.05) is 62.4 Å². The van der Waals surface area contributed by atoms with Crippen molar-refractivity contribution in [1.82, 2.24) is 15.1 Å². The van der Waals surface area contributed by atoms with Gasteiger partial charge in [0, 0.05) is 29.6 Å². The van der Waals surface area contributed by atoms with E-state index in [0.29, 0.717) is 6.54 Å². The van der Waals surface area contributed by atoms with E-state index in [9.17, 15) is 14.7 Å². The minimum atomic E-state index is -0.269. The SMILES string of the molecule is COc1ccc(C#Cc2ccc([C@@H]3[C@@H](CO)N4C(=O)CN(C(=O)NC(C)C)C[C@@H]34)cc2)cc1. The van der Waals surface area contributed by atoms with Crippen molar-refractivity contribution in [1.29, 1.82) is 0 Å². The number of fused-ring (bicyclic) bond motifs is 1. The molecule has 3 atom stereocenters. The number of aliphatic hydroxyl groups is 1. The molecular formula is C26H29N3O4. The number of urea groups is 1. The van der Waals surface area contributed by atoms with Gasteiger partial charge in [0.25, 0.3) is 0 Å². The summed E-state index contributed by atoms with van der Waals surface area (Å²) in [6.07, 6.45) is 0. The number of carbonyl (C=O) groups excluding carboxylic acids is 2. The van der Waals surface area contributed by atoms with Gasteiger partial charge in [-0.25, -0.2) is 4.79 Å². The molecule has 172 valence electrons. The van der Waals surface area contributed by atoms with Crippen molar-refractivity contribution < 1.29 is 19.4 Å². The van der Waals surface area contributed by atoms with E-state index >= 15 is 0 Å². The zero-order chi connectivity index (χ0) is 23.5. The molecule has 0 saturated carbocycles. The molecule has 2 aliphatic rings. The van der Waals surface area contributed by atoms with Crippen LogP contribution in [0.4, 0.5) is 4.79 Å². The first kappa shape index (κ1) is 22.7. The molecule has 0 aliphatic carbocycles. The molecule has 2 saturated heterocycles. The van der Waals surface area contributed by atoms with Crippen LogP contribution in [-0.4, -0.2) is 71.8 Å². The van der Waals surface area contributed by atoms with Crippen molar-refractivity contribution in [2.45, 2.75) is 37.9 Å². The van der Waals surface area contributed by atoms with Crippen molar-refractivity contribution in [3.05, 3.63) is 65.2 Å². The van der Waals surface area contributed by atoms with Gasteiger partial charge in [0.05, 0.1) is 25.8 Å². The number of nitrogens with one attached hydrogen (secondary N) is 1. The van der Waals surface area contributed by atoms with Crippen molar-refractivity contribution in [3.8, 4) is 17.6 Å². The van der Waals surface area contributed by atoms with Crippen LogP contribution in [-0.2, 0) is 4.79 Å². The number of nitrogens with zero attached hydrogens (tertiary/aromatic N) is 2. The summed E-state index contributed by atoms with van der Waals surface area (Å²) in [5.41, 5.74) is 2.81. The van der Waals surface area contributed by atoms with Gasteiger partial charge in [-0.3, -0.25) is 4.79 Å². The lowest BCUT2D eigenvalue weighted by molar-refractivity contribution is -0.159. The summed E-state index contributed by atoms with van der Waals surface area (Å²) in [6, 6.07) is 14.8. The predicted molar refractivity (Wildman–Crippen MR) is 125 cm³/mol. The Labute approximate surface area is 194 Å². The first-order valence-electron chi connectivity index (χ1n) is 11.1. The lowest BCUT2D eigenvalue weighted by Crippen LogP contribution is -2.74. The summed E-state index contributed by atoms with van der Waals surface area (Å²) in [4.78, 5) is 28.5. The summed E-state index contributed by atoms with van der Waals surface area (Å²) < 4.78 is 5.17. The summed E-state index contributed by atoms with van der Waals surface area (Å²) in [5.74, 6) is 6.95. The Kier molecular flexibility index (Phi) is 6.57. The molecule has 7 nitrogen and oxygen atoms in total. The third kappa shape index (κ3) is 4.67. The number of rotatable bonds is 4. The Morgan fingerprint density at radius 1 is 1.12 bits per heavy atom. The smallest absolute Gasteiger partial charge is 0.318 e. The Balaban J connectivity index is 1.49. The molecule has 4 rings (SSSR count). The molecule has 2 aromatic rings. The topological polar surface area (TPSA) is 82.1 Å². The van der Waals surface area contributed by atoms with E-state index in [4.69, 9.17) is 4.74 Å². The maximum atomic E-state index is 12.7. The number of methoxy groups -OCH3 is 1. The highest BCUT2D eigenvalue weighted by Gasteiger charge is 2.54. The zero-order valence-corrected chi connectivity index (χ0v) is 19.1. The van der Waals surface area contributed by atoms with Crippen molar-refractivity contribution >= 4 is 11.9 Å². The number of aliphatic hydroxyl groups excluding tert-OH is 1. The molecule has 0 bridgehead atoms. The van der Waals surface area contributed by atoms with E-state index in [-0.39, 0.29) is 49.1 Å². The molecule has 7 heteroatoms. The van der Waals surface area contributed by atoms with Gasteiger partial charge in [-0.15, -0.1) is 0 Å². The van der Waals surface area contributed by atoms with Gasteiger partial charge in [0.1, 0.15) is 12.3 Å². The van der Waals surface area contributed by atoms with Gasteiger partial charge >= 0.3 is 6.03 Å². The Bertz CT molecular complexity index is 1070. The fourth-order valence-electron chi connectivity index (χ4n) is 4.60. The van der Waals surface area contributed by atoms with Gasteiger partial charge in [0.15, 0.2) is 0 Å². The van der Waals surface area contributed by atoms with E-state index in [1.165, 1.54) is 0 Å². The largest absolute Gasteiger partial charge is 0.497 e. The van der Waals surface area contributed by atoms with Crippen LogP contribution in [0.1, 0.15) is 36.5 Å². The molecule has 3 amide bonds. The van der Waals surface area contributed by atoms with Gasteiger partial charge in [-0.05, 0) is 55.8 Å². The molecule has 2 fully saturated rings. The highest BCUT2D eigenvalue weighted by Crippen LogP contribution is 2.42. The second-order valence-electron chi connectivity index (χ2n) is 8.73. The minimum absolute atomic E-state index is 0.000391. The monoisotopic (exact) mass is 447 g/mol. The third-order valence-electron chi connectivity index (χ3n) is 6.19. The Hall–Kier alpha value is -3.50. The van der Waals surface area contributed by atoms with Crippen molar-refractivity contribution in [2.75, 3.05) is 26.8 Å². The number of amides is 3. The second kappa shape index (κ2) is 9.55. The average Bonchev–Trinajstić information content (AvgIpc) is 2.79. The number of carbonyl (C=O) groups is 2. The van der Waals surface area contributed by atoms with Crippen molar-refractivity contribution in [3.63, 3.8) is 0 Å². The molecule has 0 unspecified atom stereocenters. The number of hydrogen-bond acceptors (Lipinski definition) is 4. The molecule has 0 spiro atoms. The third-order valence-corrected chi connectivity index (χ3v) is 6.19. The molecule has 2 N–H and O–H groups in total. The van der Waals surface area contributed by atoms with E-state index in [1.54, 1.807) is 16.9 Å². The fourth-order valence-corrected chi connectivity index (χ4v) is 4.60. The van der Waals surface area contributed by atoms with Crippen LogP contribution in [0.15, 0.2) is 48.5 Å². The molecule has 33 heavy (non-hydrogen) atoms. The van der Waals surface area contributed by atoms with Crippen LogP contribution >= 0.6 is 0 Å². The number of hydrogen-bond donors (Lipinski definition) is 2. The van der Waals surface area contributed by atoms with Gasteiger partial charge in [0.2, 0.25) is 5.91 Å². The maximum absolute atomic E-state index is 12.7. The predicted octanol–water partition coefficient (Wildman–Crippen LogP) is 2.18. The lowest BCUT2D eigenvalue weighted by Gasteiger charge is -2.58. The minimum Gasteiger partial charge on any atom is -0.497 e. The summed E-state index contributed by atoms with van der Waals surface area (Å²) >= 11 is 0. The number of benzene rings is 2. The highest BCUT2D eigenvalue weighted by atomic mass is 16.5. The van der Waals surface area contributed by atoms with Gasteiger partial charge < -0.3 is 25.0 Å². The number of piperazine rings is 1. The van der Waals surface area contributed by atoms with E-state index < -0.39 is 0 Å². The molecule has 2 aliphatic heterocycles. The van der Waals surface area contributed by atoms with Crippen LogP contribution in [0, 0.1) is 11.8 Å². The second-order valence-corrected chi connectivity index (χ2v) is 8.73. The molecule has 0 aromatic heterocycles. The summed E-state index contributed by atoms with van der Waals surface area (Å²) in [6.45, 7) is 4.17. The van der Waals surface area contributed by atoms with E-state index in [0.717, 1.165) is 22.4 Å². The average molecular weight is 448 g/mol. The Morgan fingerprint density at radius 3 is 2.27 bits per heavy atom. The van der Waals surface area contributed by atoms with Crippen LogP contribution in [0.3, 0.4) is 0 Å². The van der Waals surface area contributed by atoms with Gasteiger partial charge in [-0.2, -0.15) is 0 Å². The van der Waals surface area contributed by atoms with Crippen molar-refractivity contribution in [2.24, 2.45) is 0 Å². The normalized spacial score (nSPS) is 21.6. The van der Waals surface area contributed by atoms with Crippen LogP contribution in [0.2, 0.25) is 0 Å². The Morgan fingerprint density at radius 2 is 1.73 bits per heavy atom. The lowest BCUT2D eigenvalue weighted by atomic mass is 9.73. The number of ether oxygens (including phenoxy) is 1. The maximum Gasteiger partial charge on any atom is 0.318 e. The van der Waals surface area contributed by atoms with Crippen LogP contribution < -0.4 is 10.1 Å². The zero-order valence-electron chi connectivity index (χ0n) is 19.1. The van der Waals surface area contributed by atoms with E-state index in [2.05, 4.69) is 17.2 Å². The van der Waals surface area contributed by atoms with Crippen LogP contribution in [0.5, 0.6) is 5.75 Å². The molecule has 0 radical (unpaired) electrons. The van der Waals surface area contributed by atoms with Crippen LogP contribution in [0.25, 0.3) is 0 Å². The first-order valence-corrected chi connectivity index (χ1v) is 11.1. The van der Waals surface area contributed by atoms with Gasteiger partial charge in [-0.1, -0.05) is 24.0 Å². The summed E-state index contributed by atoms with van der Waals surface area (Å²) in [5, 5.41) is 12.8. The standard InChI is InChI=1S/C26H29N3O4/c1-17(2)27-26(32)28-14-22-25(23(16-30)29(22)24(31)15-28)20-10-6-18(7-11-20)4-5-19-8-12-21(33-3)13-9-19/h6-13,17,22-23,25,30H,14-16H2,1-3H3,(H,27,32)/t22-,23+,25-/m0/s1. The molecular weight excluding hydrogens is 418 g/mol. The molecule has 2 aromatic carbocycles. The molecule has 2 heterocycles. The summed E-state index contributed by atoms with van der Waals surface area (Å²) in [7, 11) is 1.63. The highest BCUT2D eigenvalue weighted by molar-refractivity contribution is 5.87. The quantitative estimate of drug-likeness (QED) is 0.704.